The minimum atomic E-state index is 0.107. The molecular weight excluding hydrogens is 264 g/mol. The Morgan fingerprint density at radius 2 is 2.24 bits per heavy atom. The number of anilines is 1. The Balaban J connectivity index is 1.53. The quantitative estimate of drug-likeness (QED) is 0.876. The van der Waals surface area contributed by atoms with E-state index in [9.17, 15) is 4.79 Å². The van der Waals surface area contributed by atoms with Gasteiger partial charge >= 0.3 is 0 Å². The molecule has 0 saturated heterocycles. The van der Waals surface area contributed by atoms with Crippen molar-refractivity contribution in [3.63, 3.8) is 0 Å². The number of hydrogen-bond acceptors (Lipinski definition) is 3. The van der Waals surface area contributed by atoms with Crippen LogP contribution in [0, 0.1) is 5.92 Å². The molecule has 1 saturated carbocycles. The summed E-state index contributed by atoms with van der Waals surface area (Å²) in [4.78, 5) is 11.3. The Bertz CT molecular complexity index is 516. The molecular formula is C17H24N2O2. The first kappa shape index (κ1) is 14.4. The van der Waals surface area contributed by atoms with Crippen LogP contribution in [0.4, 0.5) is 5.69 Å². The molecule has 1 aliphatic heterocycles. The average molecular weight is 288 g/mol. The Morgan fingerprint density at radius 3 is 3.10 bits per heavy atom. The molecule has 3 rings (SSSR count). The Labute approximate surface area is 126 Å². The molecule has 1 heterocycles. The van der Waals surface area contributed by atoms with Crippen LogP contribution in [-0.2, 0) is 11.2 Å². The highest BCUT2D eigenvalue weighted by Gasteiger charge is 2.25. The van der Waals surface area contributed by atoms with Gasteiger partial charge in [0.25, 0.3) is 0 Å². The van der Waals surface area contributed by atoms with Gasteiger partial charge in [0.1, 0.15) is 5.75 Å². The molecule has 0 spiro atoms. The number of aryl methyl sites for hydroxylation is 1. The number of hydrogen-bond donors (Lipinski definition) is 2. The fourth-order valence-corrected chi connectivity index (χ4v) is 3.54. The summed E-state index contributed by atoms with van der Waals surface area (Å²) in [5.74, 6) is 1.77. The van der Waals surface area contributed by atoms with E-state index < -0.39 is 0 Å². The summed E-state index contributed by atoms with van der Waals surface area (Å²) in [6.45, 7) is 0.772. The Hall–Kier alpha value is -1.55. The predicted molar refractivity (Wildman–Crippen MR) is 83.7 cm³/mol. The van der Waals surface area contributed by atoms with E-state index in [1.165, 1.54) is 24.8 Å². The molecule has 0 radical (unpaired) electrons. The van der Waals surface area contributed by atoms with Crippen molar-refractivity contribution in [2.75, 3.05) is 19.0 Å². The Morgan fingerprint density at radius 1 is 1.33 bits per heavy atom. The number of nitrogens with one attached hydrogen (secondary N) is 2. The van der Waals surface area contributed by atoms with Crippen LogP contribution in [0.25, 0.3) is 0 Å². The van der Waals surface area contributed by atoms with Crippen LogP contribution in [0.2, 0.25) is 0 Å². The number of rotatable bonds is 5. The number of benzene rings is 1. The number of ether oxygens (including phenoxy) is 1. The standard InChI is InChI=1S/C17H24N2O2/c1-18-15-4-2-3-12(15)9-10-21-14-6-7-16-13(11-14)5-8-17(20)19-16/h6-7,11-12,15,18H,2-5,8-10H2,1H3,(H,19,20). The van der Waals surface area contributed by atoms with Gasteiger partial charge in [-0.05, 0) is 62.4 Å². The average Bonchev–Trinajstić information content (AvgIpc) is 2.95. The third kappa shape index (κ3) is 3.38. The van der Waals surface area contributed by atoms with Gasteiger partial charge in [-0.15, -0.1) is 0 Å². The molecule has 2 aliphatic rings. The summed E-state index contributed by atoms with van der Waals surface area (Å²) in [7, 11) is 2.06. The monoisotopic (exact) mass is 288 g/mol. The highest BCUT2D eigenvalue weighted by molar-refractivity contribution is 5.93. The third-order valence-corrected chi connectivity index (χ3v) is 4.76. The van der Waals surface area contributed by atoms with E-state index in [1.54, 1.807) is 0 Å². The maximum Gasteiger partial charge on any atom is 0.224 e. The van der Waals surface area contributed by atoms with Crippen molar-refractivity contribution >= 4 is 11.6 Å². The number of carbonyl (C=O) groups excluding carboxylic acids is 1. The molecule has 1 aromatic rings. The molecule has 1 aromatic carbocycles. The van der Waals surface area contributed by atoms with Crippen LogP contribution >= 0.6 is 0 Å². The van der Waals surface area contributed by atoms with E-state index >= 15 is 0 Å². The molecule has 2 unspecified atom stereocenters. The summed E-state index contributed by atoms with van der Waals surface area (Å²) in [5.41, 5.74) is 2.12. The minimum Gasteiger partial charge on any atom is -0.494 e. The molecule has 4 heteroatoms. The number of carbonyl (C=O) groups is 1. The van der Waals surface area contributed by atoms with Gasteiger partial charge in [-0.25, -0.2) is 0 Å². The van der Waals surface area contributed by atoms with Gasteiger partial charge in [-0.2, -0.15) is 0 Å². The zero-order valence-electron chi connectivity index (χ0n) is 12.7. The molecule has 0 bridgehead atoms. The SMILES string of the molecule is CNC1CCCC1CCOc1ccc2c(c1)CCC(=O)N2. The highest BCUT2D eigenvalue weighted by atomic mass is 16.5. The number of fused-ring (bicyclic) bond motifs is 1. The highest BCUT2D eigenvalue weighted by Crippen LogP contribution is 2.29. The van der Waals surface area contributed by atoms with Crippen molar-refractivity contribution in [3.8, 4) is 5.75 Å². The van der Waals surface area contributed by atoms with Gasteiger partial charge in [-0.1, -0.05) is 6.42 Å². The maximum absolute atomic E-state index is 11.3. The molecule has 2 N–H and O–H groups in total. The number of amides is 1. The molecule has 0 aromatic heterocycles. The molecule has 4 nitrogen and oxygen atoms in total. The van der Waals surface area contributed by atoms with Gasteiger partial charge in [0, 0.05) is 18.2 Å². The predicted octanol–water partition coefficient (Wildman–Crippen LogP) is 2.73. The normalized spacial score (nSPS) is 24.5. The van der Waals surface area contributed by atoms with Crippen molar-refractivity contribution in [3.05, 3.63) is 23.8 Å². The van der Waals surface area contributed by atoms with Crippen LogP contribution in [0.1, 0.15) is 37.7 Å². The lowest BCUT2D eigenvalue weighted by molar-refractivity contribution is -0.116. The van der Waals surface area contributed by atoms with Crippen LogP contribution < -0.4 is 15.4 Å². The van der Waals surface area contributed by atoms with E-state index in [0.29, 0.717) is 12.5 Å². The van der Waals surface area contributed by atoms with Gasteiger partial charge in [-0.3, -0.25) is 4.79 Å². The first-order valence-electron chi connectivity index (χ1n) is 7.99. The van der Waals surface area contributed by atoms with E-state index in [-0.39, 0.29) is 5.91 Å². The van der Waals surface area contributed by atoms with Crippen LogP contribution in [-0.4, -0.2) is 25.6 Å². The van der Waals surface area contributed by atoms with Gasteiger partial charge in [0.2, 0.25) is 5.91 Å². The second kappa shape index (κ2) is 6.48. The van der Waals surface area contributed by atoms with Crippen LogP contribution in [0.15, 0.2) is 18.2 Å². The van der Waals surface area contributed by atoms with Crippen molar-refractivity contribution in [2.24, 2.45) is 5.92 Å². The van der Waals surface area contributed by atoms with E-state index in [2.05, 4.69) is 23.7 Å². The lowest BCUT2D eigenvalue weighted by Crippen LogP contribution is -2.29. The third-order valence-electron chi connectivity index (χ3n) is 4.76. The maximum atomic E-state index is 11.3. The summed E-state index contributed by atoms with van der Waals surface area (Å²) < 4.78 is 5.91. The van der Waals surface area contributed by atoms with Crippen molar-refractivity contribution in [1.29, 1.82) is 0 Å². The summed E-state index contributed by atoms with van der Waals surface area (Å²) in [5, 5.41) is 6.31. The van der Waals surface area contributed by atoms with Gasteiger partial charge < -0.3 is 15.4 Å². The summed E-state index contributed by atoms with van der Waals surface area (Å²) >= 11 is 0. The van der Waals surface area contributed by atoms with Crippen LogP contribution in [0.3, 0.4) is 0 Å². The van der Waals surface area contributed by atoms with E-state index in [4.69, 9.17) is 4.74 Å². The molecule has 1 fully saturated rings. The van der Waals surface area contributed by atoms with Crippen molar-refractivity contribution < 1.29 is 9.53 Å². The zero-order chi connectivity index (χ0) is 14.7. The molecule has 21 heavy (non-hydrogen) atoms. The smallest absolute Gasteiger partial charge is 0.224 e. The molecule has 1 aliphatic carbocycles. The summed E-state index contributed by atoms with van der Waals surface area (Å²) in [6.07, 6.45) is 6.42. The van der Waals surface area contributed by atoms with Gasteiger partial charge in [0.05, 0.1) is 6.61 Å². The lowest BCUT2D eigenvalue weighted by atomic mass is 10.0. The summed E-state index contributed by atoms with van der Waals surface area (Å²) in [6, 6.07) is 6.63. The van der Waals surface area contributed by atoms with Crippen molar-refractivity contribution in [2.45, 2.75) is 44.6 Å². The van der Waals surface area contributed by atoms with Crippen molar-refractivity contribution in [1.82, 2.24) is 5.32 Å². The fraction of sp³-hybridized carbons (Fsp3) is 0.588. The minimum absolute atomic E-state index is 0.107. The molecule has 114 valence electrons. The van der Waals surface area contributed by atoms with E-state index in [1.807, 2.05) is 12.1 Å². The molecule has 2 atom stereocenters. The van der Waals surface area contributed by atoms with Crippen LogP contribution in [0.5, 0.6) is 5.75 Å². The molecule has 1 amide bonds. The lowest BCUT2D eigenvalue weighted by Gasteiger charge is -2.20. The first-order valence-corrected chi connectivity index (χ1v) is 7.99. The first-order chi connectivity index (χ1) is 10.3. The Kier molecular flexibility index (Phi) is 4.44. The second-order valence-corrected chi connectivity index (χ2v) is 6.09. The second-order valence-electron chi connectivity index (χ2n) is 6.09. The van der Waals surface area contributed by atoms with E-state index in [0.717, 1.165) is 36.8 Å². The topological polar surface area (TPSA) is 50.4 Å². The fourth-order valence-electron chi connectivity index (χ4n) is 3.54. The van der Waals surface area contributed by atoms with Gasteiger partial charge in [0.15, 0.2) is 0 Å². The zero-order valence-corrected chi connectivity index (χ0v) is 12.7. The largest absolute Gasteiger partial charge is 0.494 e.